The summed E-state index contributed by atoms with van der Waals surface area (Å²) in [6.45, 7) is 8.28. The summed E-state index contributed by atoms with van der Waals surface area (Å²) in [6, 6.07) is 14.9. The van der Waals surface area contributed by atoms with Crippen molar-refractivity contribution >= 4 is 17.4 Å². The summed E-state index contributed by atoms with van der Waals surface area (Å²) in [6.07, 6.45) is 0. The molecule has 2 aromatic carbocycles. The van der Waals surface area contributed by atoms with E-state index >= 15 is 0 Å². The minimum absolute atomic E-state index is 0.718. The first-order valence-corrected chi connectivity index (χ1v) is 8.73. The number of piperazine rings is 1. The lowest BCUT2D eigenvalue weighted by Crippen LogP contribution is -2.43. The highest BCUT2D eigenvalue weighted by atomic mass is 32.2. The van der Waals surface area contributed by atoms with Crippen LogP contribution < -0.4 is 10.2 Å². The van der Waals surface area contributed by atoms with Gasteiger partial charge in [0.05, 0.1) is 17.3 Å². The van der Waals surface area contributed by atoms with Gasteiger partial charge >= 0.3 is 0 Å². The van der Waals surface area contributed by atoms with E-state index in [0.717, 1.165) is 36.6 Å². The molecule has 3 rings (SSSR count). The predicted octanol–water partition coefficient (Wildman–Crippen LogP) is 3.74. The second kappa shape index (κ2) is 7.08. The molecule has 4 heteroatoms. The van der Waals surface area contributed by atoms with Crippen molar-refractivity contribution in [1.82, 2.24) is 5.32 Å². The minimum Gasteiger partial charge on any atom is -0.368 e. The number of anilines is 1. The van der Waals surface area contributed by atoms with Gasteiger partial charge in [-0.3, -0.25) is 0 Å². The van der Waals surface area contributed by atoms with E-state index in [9.17, 15) is 5.26 Å². The van der Waals surface area contributed by atoms with Crippen LogP contribution in [0.5, 0.6) is 0 Å². The molecular weight excluding hydrogens is 302 g/mol. The summed E-state index contributed by atoms with van der Waals surface area (Å²) in [5.41, 5.74) is 4.49. The Labute approximate surface area is 142 Å². The molecule has 1 fully saturated rings. The number of aryl methyl sites for hydroxylation is 2. The van der Waals surface area contributed by atoms with Crippen LogP contribution in [0, 0.1) is 25.2 Å². The van der Waals surface area contributed by atoms with Gasteiger partial charge in [-0.05, 0) is 55.3 Å². The third kappa shape index (κ3) is 3.87. The molecule has 1 heterocycles. The highest BCUT2D eigenvalue weighted by Crippen LogP contribution is 2.37. The largest absolute Gasteiger partial charge is 0.368 e. The SMILES string of the molecule is Cc1cc(C)cc(Sc2cc(C#N)ccc2N2CCNCC2)c1. The van der Waals surface area contributed by atoms with Crippen LogP contribution in [0.4, 0.5) is 5.69 Å². The zero-order valence-electron chi connectivity index (χ0n) is 13.6. The average Bonchev–Trinajstić information content (AvgIpc) is 2.54. The fourth-order valence-electron chi connectivity index (χ4n) is 2.95. The number of rotatable bonds is 3. The highest BCUT2D eigenvalue weighted by Gasteiger charge is 2.15. The predicted molar refractivity (Wildman–Crippen MR) is 96.3 cm³/mol. The van der Waals surface area contributed by atoms with Crippen LogP contribution in [0.25, 0.3) is 0 Å². The van der Waals surface area contributed by atoms with E-state index < -0.39 is 0 Å². The molecular formula is C19H21N3S. The van der Waals surface area contributed by atoms with E-state index in [0.29, 0.717) is 0 Å². The molecule has 3 nitrogen and oxygen atoms in total. The molecule has 2 aromatic rings. The maximum Gasteiger partial charge on any atom is 0.0992 e. The Morgan fingerprint density at radius 2 is 1.74 bits per heavy atom. The molecule has 0 amide bonds. The Balaban J connectivity index is 1.96. The Bertz CT molecular complexity index is 723. The minimum atomic E-state index is 0.718. The molecule has 118 valence electrons. The molecule has 0 spiro atoms. The zero-order valence-corrected chi connectivity index (χ0v) is 14.4. The number of nitrogens with one attached hydrogen (secondary N) is 1. The number of hydrogen-bond donors (Lipinski definition) is 1. The zero-order chi connectivity index (χ0) is 16.2. The van der Waals surface area contributed by atoms with Crippen molar-refractivity contribution in [2.45, 2.75) is 23.6 Å². The van der Waals surface area contributed by atoms with E-state index in [1.807, 2.05) is 12.1 Å². The van der Waals surface area contributed by atoms with E-state index in [2.05, 4.69) is 54.4 Å². The van der Waals surface area contributed by atoms with Crippen molar-refractivity contribution in [1.29, 1.82) is 5.26 Å². The van der Waals surface area contributed by atoms with Crippen LogP contribution in [0.2, 0.25) is 0 Å². The van der Waals surface area contributed by atoms with Gasteiger partial charge in [0.1, 0.15) is 0 Å². The van der Waals surface area contributed by atoms with Gasteiger partial charge in [0.25, 0.3) is 0 Å². The summed E-state index contributed by atoms with van der Waals surface area (Å²) in [5, 5.41) is 12.6. The van der Waals surface area contributed by atoms with Gasteiger partial charge in [0.15, 0.2) is 0 Å². The second-order valence-corrected chi connectivity index (χ2v) is 7.07. The number of hydrogen-bond acceptors (Lipinski definition) is 4. The number of nitriles is 1. The number of nitrogens with zero attached hydrogens (tertiary/aromatic N) is 2. The average molecular weight is 323 g/mol. The summed E-state index contributed by atoms with van der Waals surface area (Å²) in [7, 11) is 0. The normalized spacial score (nSPS) is 14.6. The fourth-order valence-corrected chi connectivity index (χ4v) is 4.18. The Hall–Kier alpha value is -1.96. The Morgan fingerprint density at radius 3 is 2.39 bits per heavy atom. The van der Waals surface area contributed by atoms with Crippen LogP contribution in [-0.2, 0) is 0 Å². The van der Waals surface area contributed by atoms with Gasteiger partial charge in [-0.1, -0.05) is 17.8 Å². The van der Waals surface area contributed by atoms with E-state index in [-0.39, 0.29) is 0 Å². The van der Waals surface area contributed by atoms with Crippen molar-refractivity contribution in [3.05, 3.63) is 53.1 Å². The van der Waals surface area contributed by atoms with Gasteiger partial charge in [0.2, 0.25) is 0 Å². The van der Waals surface area contributed by atoms with Gasteiger partial charge in [-0.25, -0.2) is 0 Å². The summed E-state index contributed by atoms with van der Waals surface area (Å²) in [4.78, 5) is 4.80. The highest BCUT2D eigenvalue weighted by molar-refractivity contribution is 7.99. The van der Waals surface area contributed by atoms with Crippen molar-refractivity contribution in [3.63, 3.8) is 0 Å². The van der Waals surface area contributed by atoms with Crippen LogP contribution >= 0.6 is 11.8 Å². The molecule has 0 bridgehead atoms. The Kier molecular flexibility index (Phi) is 4.90. The third-order valence-corrected chi connectivity index (χ3v) is 4.99. The lowest BCUT2D eigenvalue weighted by molar-refractivity contribution is 0.587. The van der Waals surface area contributed by atoms with E-state index in [4.69, 9.17) is 0 Å². The molecule has 23 heavy (non-hydrogen) atoms. The molecule has 0 radical (unpaired) electrons. The first-order valence-electron chi connectivity index (χ1n) is 7.92. The first kappa shape index (κ1) is 15.9. The van der Waals surface area contributed by atoms with Crippen molar-refractivity contribution < 1.29 is 0 Å². The first-order chi connectivity index (χ1) is 11.2. The van der Waals surface area contributed by atoms with Crippen molar-refractivity contribution in [2.24, 2.45) is 0 Å². The second-order valence-electron chi connectivity index (χ2n) is 5.96. The van der Waals surface area contributed by atoms with Crippen molar-refractivity contribution in [3.8, 4) is 6.07 Å². The van der Waals surface area contributed by atoms with Gasteiger partial charge < -0.3 is 10.2 Å². The molecule has 1 aliphatic heterocycles. The molecule has 1 N–H and O–H groups in total. The smallest absolute Gasteiger partial charge is 0.0992 e. The summed E-state index contributed by atoms with van der Waals surface area (Å²) in [5.74, 6) is 0. The summed E-state index contributed by atoms with van der Waals surface area (Å²) >= 11 is 1.75. The molecule has 1 aliphatic rings. The van der Waals surface area contributed by atoms with E-state index in [1.54, 1.807) is 11.8 Å². The monoisotopic (exact) mass is 323 g/mol. The standard InChI is InChI=1S/C19H21N3S/c1-14-9-15(2)11-17(10-14)23-19-12-16(13-20)3-4-18(19)22-7-5-21-6-8-22/h3-4,9-12,21H,5-8H2,1-2H3. The van der Waals surface area contributed by atoms with Crippen LogP contribution in [-0.4, -0.2) is 26.2 Å². The van der Waals surface area contributed by atoms with Crippen LogP contribution in [0.3, 0.4) is 0 Å². The topological polar surface area (TPSA) is 39.1 Å². The lowest BCUT2D eigenvalue weighted by Gasteiger charge is -2.31. The van der Waals surface area contributed by atoms with Crippen LogP contribution in [0.15, 0.2) is 46.2 Å². The maximum atomic E-state index is 9.23. The Morgan fingerprint density at radius 1 is 1.04 bits per heavy atom. The molecule has 0 atom stereocenters. The molecule has 0 aliphatic carbocycles. The molecule has 0 saturated carbocycles. The molecule has 0 unspecified atom stereocenters. The fraction of sp³-hybridized carbons (Fsp3) is 0.316. The maximum absolute atomic E-state index is 9.23. The lowest BCUT2D eigenvalue weighted by atomic mass is 10.2. The quantitative estimate of drug-likeness (QED) is 0.934. The van der Waals surface area contributed by atoms with Crippen LogP contribution in [0.1, 0.15) is 16.7 Å². The van der Waals surface area contributed by atoms with E-state index in [1.165, 1.54) is 21.7 Å². The van der Waals surface area contributed by atoms with Gasteiger partial charge in [-0.15, -0.1) is 0 Å². The number of benzene rings is 2. The molecule has 0 aromatic heterocycles. The summed E-state index contributed by atoms with van der Waals surface area (Å²) < 4.78 is 0. The molecule has 1 saturated heterocycles. The van der Waals surface area contributed by atoms with Gasteiger partial charge in [0, 0.05) is 36.0 Å². The third-order valence-electron chi connectivity index (χ3n) is 3.97. The van der Waals surface area contributed by atoms with Gasteiger partial charge in [-0.2, -0.15) is 5.26 Å². The van der Waals surface area contributed by atoms with Crippen molar-refractivity contribution in [2.75, 3.05) is 31.1 Å².